The van der Waals surface area contributed by atoms with Gasteiger partial charge < -0.3 is 15.0 Å². The summed E-state index contributed by atoms with van der Waals surface area (Å²) in [7, 11) is 1.64. The molecule has 1 N–H and O–H groups in total. The second kappa shape index (κ2) is 8.85. The minimum Gasteiger partial charge on any atom is -0.491 e. The maximum absolute atomic E-state index is 12.1. The van der Waals surface area contributed by atoms with Gasteiger partial charge in [0.2, 0.25) is 11.8 Å². The van der Waals surface area contributed by atoms with Gasteiger partial charge in [0.25, 0.3) is 0 Å². The molecule has 2 rings (SSSR count). The number of rotatable bonds is 5. The molecule has 0 radical (unpaired) electrons. The van der Waals surface area contributed by atoms with Crippen LogP contribution in [0.5, 0.6) is 5.75 Å². The fraction of sp³-hybridized carbons (Fsp3) is 0.579. The highest BCUT2D eigenvalue weighted by molar-refractivity contribution is 5.80. The van der Waals surface area contributed by atoms with E-state index in [4.69, 9.17) is 4.74 Å². The molecule has 1 aliphatic rings. The van der Waals surface area contributed by atoms with Crippen molar-refractivity contribution in [2.75, 3.05) is 33.2 Å². The van der Waals surface area contributed by atoms with E-state index in [0.29, 0.717) is 19.6 Å². The maximum atomic E-state index is 12.1. The number of carbonyl (C=O) groups is 2. The number of carbonyl (C=O) groups excluding carboxylic acids is 2. The van der Waals surface area contributed by atoms with Crippen LogP contribution in [-0.4, -0.2) is 60.9 Å². The molecule has 0 bridgehead atoms. The van der Waals surface area contributed by atoms with Crippen molar-refractivity contribution >= 4 is 11.8 Å². The van der Waals surface area contributed by atoms with E-state index < -0.39 is 0 Å². The first-order chi connectivity index (χ1) is 11.9. The Balaban J connectivity index is 2.04. The quantitative estimate of drug-likeness (QED) is 0.877. The zero-order valence-electron chi connectivity index (χ0n) is 15.6. The summed E-state index contributed by atoms with van der Waals surface area (Å²) in [5, 5.41) is 2.71. The third-order valence-electron chi connectivity index (χ3n) is 4.37. The van der Waals surface area contributed by atoms with Crippen LogP contribution in [0.3, 0.4) is 0 Å². The van der Waals surface area contributed by atoms with Crippen LogP contribution in [0.1, 0.15) is 26.3 Å². The molecule has 0 unspecified atom stereocenters. The van der Waals surface area contributed by atoms with Crippen molar-refractivity contribution in [3.8, 4) is 5.75 Å². The minimum absolute atomic E-state index is 0.0150. The topological polar surface area (TPSA) is 61.9 Å². The number of ether oxygens (including phenoxy) is 1. The molecule has 1 aromatic carbocycles. The predicted octanol–water partition coefficient (Wildman–Crippen LogP) is 1.50. The van der Waals surface area contributed by atoms with E-state index in [0.717, 1.165) is 18.8 Å². The molecule has 25 heavy (non-hydrogen) atoms. The number of nitrogens with one attached hydrogen (secondary N) is 1. The molecule has 0 aromatic heterocycles. The van der Waals surface area contributed by atoms with Crippen LogP contribution in [0.15, 0.2) is 24.3 Å². The van der Waals surface area contributed by atoms with Gasteiger partial charge >= 0.3 is 0 Å². The molecule has 0 saturated carbocycles. The monoisotopic (exact) mass is 347 g/mol. The molecule has 2 amide bonds. The van der Waals surface area contributed by atoms with Crippen LogP contribution in [0.2, 0.25) is 0 Å². The van der Waals surface area contributed by atoms with E-state index in [1.54, 1.807) is 18.9 Å². The van der Waals surface area contributed by atoms with E-state index in [9.17, 15) is 9.59 Å². The lowest BCUT2D eigenvalue weighted by atomic mass is 10.1. The molecule has 138 valence electrons. The Morgan fingerprint density at radius 3 is 2.44 bits per heavy atom. The smallest absolute Gasteiger partial charge is 0.225 e. The molecule has 6 heteroatoms. The summed E-state index contributed by atoms with van der Waals surface area (Å²) in [6.07, 6.45) is 0.155. The van der Waals surface area contributed by atoms with Crippen LogP contribution >= 0.6 is 0 Å². The normalized spacial score (nSPS) is 18.8. The molecule has 1 aliphatic heterocycles. The average molecular weight is 347 g/mol. The third-order valence-corrected chi connectivity index (χ3v) is 4.37. The van der Waals surface area contributed by atoms with Crippen molar-refractivity contribution < 1.29 is 14.3 Å². The largest absolute Gasteiger partial charge is 0.491 e. The van der Waals surface area contributed by atoms with Crippen molar-refractivity contribution in [1.82, 2.24) is 15.1 Å². The molecular formula is C19H29N3O3. The van der Waals surface area contributed by atoms with Gasteiger partial charge in [-0.05, 0) is 31.5 Å². The number of hydrogen-bond donors (Lipinski definition) is 1. The molecule has 0 spiro atoms. The van der Waals surface area contributed by atoms with Gasteiger partial charge in [-0.1, -0.05) is 12.1 Å². The summed E-state index contributed by atoms with van der Waals surface area (Å²) in [6, 6.07) is 8.07. The van der Waals surface area contributed by atoms with E-state index >= 15 is 0 Å². The summed E-state index contributed by atoms with van der Waals surface area (Å²) in [4.78, 5) is 27.9. The van der Waals surface area contributed by atoms with Gasteiger partial charge in [-0.25, -0.2) is 0 Å². The fourth-order valence-corrected chi connectivity index (χ4v) is 3.08. The van der Waals surface area contributed by atoms with Gasteiger partial charge in [0, 0.05) is 46.7 Å². The molecular weight excluding hydrogens is 318 g/mol. The first-order valence-corrected chi connectivity index (χ1v) is 8.84. The van der Waals surface area contributed by atoms with Gasteiger partial charge in [0.1, 0.15) is 5.75 Å². The lowest BCUT2D eigenvalue weighted by Crippen LogP contribution is -2.40. The Morgan fingerprint density at radius 1 is 1.20 bits per heavy atom. The highest BCUT2D eigenvalue weighted by Gasteiger charge is 2.28. The Bertz CT molecular complexity index is 586. The molecule has 1 heterocycles. The lowest BCUT2D eigenvalue weighted by molar-refractivity contribution is -0.130. The Kier molecular flexibility index (Phi) is 6.82. The zero-order chi connectivity index (χ0) is 18.4. The molecule has 1 aromatic rings. The van der Waals surface area contributed by atoms with E-state index in [2.05, 4.69) is 22.3 Å². The standard InChI is InChI=1S/C19H29N3O3/c1-14(2)25-18-7-5-16(6-8-18)11-21-9-10-22(15(3)23)13-17(12-21)19(24)20-4/h5-8,14,17H,9-13H2,1-4H3,(H,20,24)/t17-/m1/s1. The van der Waals surface area contributed by atoms with Gasteiger partial charge in [-0.2, -0.15) is 0 Å². The Hall–Kier alpha value is -2.08. The third kappa shape index (κ3) is 5.74. The van der Waals surface area contributed by atoms with Crippen molar-refractivity contribution in [1.29, 1.82) is 0 Å². The second-order valence-corrected chi connectivity index (χ2v) is 6.82. The number of nitrogens with zero attached hydrogens (tertiary/aromatic N) is 2. The van der Waals surface area contributed by atoms with Crippen molar-refractivity contribution in [2.24, 2.45) is 5.92 Å². The number of benzene rings is 1. The summed E-state index contributed by atoms with van der Waals surface area (Å²) in [5.41, 5.74) is 1.17. The average Bonchev–Trinajstić information content (AvgIpc) is 2.78. The SMILES string of the molecule is CNC(=O)[C@@H]1CN(Cc2ccc(OC(C)C)cc2)CCN(C(C)=O)C1. The van der Waals surface area contributed by atoms with Crippen LogP contribution in [0.25, 0.3) is 0 Å². The molecule has 1 saturated heterocycles. The number of hydrogen-bond acceptors (Lipinski definition) is 4. The zero-order valence-corrected chi connectivity index (χ0v) is 15.6. The van der Waals surface area contributed by atoms with Gasteiger partial charge in [0.15, 0.2) is 0 Å². The minimum atomic E-state index is -0.208. The van der Waals surface area contributed by atoms with Crippen molar-refractivity contribution in [3.05, 3.63) is 29.8 Å². The lowest BCUT2D eigenvalue weighted by Gasteiger charge is -2.23. The first kappa shape index (κ1) is 19.2. The van der Waals surface area contributed by atoms with Crippen LogP contribution in [0.4, 0.5) is 0 Å². The van der Waals surface area contributed by atoms with Crippen molar-refractivity contribution in [3.63, 3.8) is 0 Å². The summed E-state index contributed by atoms with van der Waals surface area (Å²) < 4.78 is 5.67. The second-order valence-electron chi connectivity index (χ2n) is 6.82. The molecule has 1 atom stereocenters. The van der Waals surface area contributed by atoms with E-state index in [1.807, 2.05) is 26.0 Å². The highest BCUT2D eigenvalue weighted by atomic mass is 16.5. The number of amides is 2. The summed E-state index contributed by atoms with van der Waals surface area (Å²) >= 11 is 0. The van der Waals surface area contributed by atoms with Crippen molar-refractivity contribution in [2.45, 2.75) is 33.4 Å². The van der Waals surface area contributed by atoms with E-state index in [1.165, 1.54) is 5.56 Å². The van der Waals surface area contributed by atoms with Gasteiger partial charge in [-0.15, -0.1) is 0 Å². The highest BCUT2D eigenvalue weighted by Crippen LogP contribution is 2.17. The van der Waals surface area contributed by atoms with Crippen LogP contribution in [0, 0.1) is 5.92 Å². The first-order valence-electron chi connectivity index (χ1n) is 8.84. The van der Waals surface area contributed by atoms with Crippen LogP contribution in [-0.2, 0) is 16.1 Å². The molecule has 1 fully saturated rings. The van der Waals surface area contributed by atoms with Gasteiger partial charge in [0.05, 0.1) is 12.0 Å². The molecule has 0 aliphatic carbocycles. The summed E-state index contributed by atoms with van der Waals surface area (Å²) in [6.45, 7) is 8.86. The van der Waals surface area contributed by atoms with Gasteiger partial charge in [-0.3, -0.25) is 14.5 Å². The fourth-order valence-electron chi connectivity index (χ4n) is 3.08. The van der Waals surface area contributed by atoms with E-state index in [-0.39, 0.29) is 23.8 Å². The Labute approximate surface area is 150 Å². The van der Waals surface area contributed by atoms with Crippen LogP contribution < -0.4 is 10.1 Å². The maximum Gasteiger partial charge on any atom is 0.225 e. The molecule has 6 nitrogen and oxygen atoms in total. The Morgan fingerprint density at radius 2 is 1.88 bits per heavy atom. The predicted molar refractivity (Wildman–Crippen MR) is 97.3 cm³/mol. The summed E-state index contributed by atoms with van der Waals surface area (Å²) in [5.74, 6) is 0.658.